The van der Waals surface area contributed by atoms with Gasteiger partial charge >= 0.3 is 0 Å². The van der Waals surface area contributed by atoms with Gasteiger partial charge < -0.3 is 4.74 Å². The molecule has 1 amide bonds. The van der Waals surface area contributed by atoms with Crippen LogP contribution < -0.4 is 10.1 Å². The first kappa shape index (κ1) is 16.5. The number of benzene rings is 2. The van der Waals surface area contributed by atoms with Crippen LogP contribution in [0.1, 0.15) is 20.8 Å². The average molecular weight is 359 g/mol. The molecule has 0 aliphatic heterocycles. The van der Waals surface area contributed by atoms with Crippen molar-refractivity contribution >= 4 is 34.0 Å². The Morgan fingerprint density at radius 1 is 1.25 bits per heavy atom. The molecule has 3 rings (SSSR count). The normalized spacial score (nSPS) is 10.4. The molecular formula is C18H15ClN2O2S. The van der Waals surface area contributed by atoms with Gasteiger partial charge in [-0.25, -0.2) is 4.98 Å². The van der Waals surface area contributed by atoms with Crippen LogP contribution in [-0.4, -0.2) is 18.0 Å². The largest absolute Gasteiger partial charge is 0.497 e. The number of halogens is 1. The van der Waals surface area contributed by atoms with Gasteiger partial charge in [0.25, 0.3) is 5.91 Å². The summed E-state index contributed by atoms with van der Waals surface area (Å²) < 4.78 is 5.13. The second-order valence-corrected chi connectivity index (χ2v) is 6.61. The molecule has 2 aromatic carbocycles. The molecule has 0 unspecified atom stereocenters. The quantitative estimate of drug-likeness (QED) is 0.722. The molecule has 0 atom stereocenters. The number of rotatable bonds is 5. The summed E-state index contributed by atoms with van der Waals surface area (Å²) in [6, 6.07) is 14.7. The molecule has 0 aliphatic rings. The van der Waals surface area contributed by atoms with Gasteiger partial charge in [-0.3, -0.25) is 10.1 Å². The third-order valence-electron chi connectivity index (χ3n) is 3.43. The maximum Gasteiger partial charge on any atom is 0.257 e. The van der Waals surface area contributed by atoms with Gasteiger partial charge in [0, 0.05) is 28.1 Å². The van der Waals surface area contributed by atoms with E-state index in [0.29, 0.717) is 22.9 Å². The number of anilines is 1. The summed E-state index contributed by atoms with van der Waals surface area (Å²) >= 11 is 7.61. The predicted molar refractivity (Wildman–Crippen MR) is 97.3 cm³/mol. The topological polar surface area (TPSA) is 51.2 Å². The molecule has 0 saturated carbocycles. The Morgan fingerprint density at radius 2 is 2.08 bits per heavy atom. The maximum absolute atomic E-state index is 12.3. The first-order valence-corrected chi connectivity index (χ1v) is 8.48. The summed E-state index contributed by atoms with van der Waals surface area (Å²) in [4.78, 5) is 17.6. The van der Waals surface area contributed by atoms with Crippen LogP contribution in [0.2, 0.25) is 5.02 Å². The summed E-state index contributed by atoms with van der Waals surface area (Å²) in [6.45, 7) is 0. The van der Waals surface area contributed by atoms with E-state index in [1.54, 1.807) is 37.6 Å². The summed E-state index contributed by atoms with van der Waals surface area (Å²) in [5.74, 6) is 0.425. The van der Waals surface area contributed by atoms with E-state index >= 15 is 0 Å². The fourth-order valence-corrected chi connectivity index (χ4v) is 3.24. The molecule has 1 heterocycles. The number of ether oxygens (including phenoxy) is 1. The highest BCUT2D eigenvalue weighted by molar-refractivity contribution is 7.15. The van der Waals surface area contributed by atoms with Crippen LogP contribution in [0.25, 0.3) is 0 Å². The van der Waals surface area contributed by atoms with Gasteiger partial charge in [-0.05, 0) is 29.8 Å². The highest BCUT2D eigenvalue weighted by Crippen LogP contribution is 2.25. The van der Waals surface area contributed by atoms with Gasteiger partial charge in [0.05, 0.1) is 7.11 Å². The number of carbonyl (C=O) groups excluding carboxylic acids is 1. The van der Waals surface area contributed by atoms with Crippen LogP contribution in [0.5, 0.6) is 5.75 Å². The molecule has 4 nitrogen and oxygen atoms in total. The van der Waals surface area contributed by atoms with E-state index in [-0.39, 0.29) is 5.91 Å². The third-order valence-corrected chi connectivity index (χ3v) is 4.71. The number of thiazole rings is 1. The molecule has 0 radical (unpaired) electrons. The Balaban J connectivity index is 1.69. The minimum Gasteiger partial charge on any atom is -0.497 e. The Hall–Kier alpha value is -2.37. The van der Waals surface area contributed by atoms with Gasteiger partial charge in [-0.2, -0.15) is 0 Å². The molecule has 0 aliphatic carbocycles. The number of hydrogen-bond acceptors (Lipinski definition) is 4. The molecule has 6 heteroatoms. The smallest absolute Gasteiger partial charge is 0.257 e. The molecule has 122 valence electrons. The van der Waals surface area contributed by atoms with Crippen LogP contribution in [0.4, 0.5) is 5.13 Å². The zero-order valence-electron chi connectivity index (χ0n) is 13.0. The van der Waals surface area contributed by atoms with Gasteiger partial charge in [-0.15, -0.1) is 11.3 Å². The zero-order chi connectivity index (χ0) is 16.9. The van der Waals surface area contributed by atoms with Crippen LogP contribution >= 0.6 is 22.9 Å². The van der Waals surface area contributed by atoms with E-state index in [1.165, 1.54) is 11.3 Å². The molecule has 0 saturated heterocycles. The molecule has 3 aromatic rings. The van der Waals surface area contributed by atoms with Crippen molar-refractivity contribution in [1.29, 1.82) is 0 Å². The number of methoxy groups -OCH3 is 1. The van der Waals surface area contributed by atoms with Crippen LogP contribution in [0.15, 0.2) is 54.7 Å². The molecular weight excluding hydrogens is 344 g/mol. The van der Waals surface area contributed by atoms with E-state index in [2.05, 4.69) is 10.3 Å². The Bertz CT molecular complexity index is 863. The minimum atomic E-state index is -0.215. The Kier molecular flexibility index (Phi) is 5.13. The van der Waals surface area contributed by atoms with Gasteiger partial charge in [0.15, 0.2) is 5.13 Å². The van der Waals surface area contributed by atoms with E-state index < -0.39 is 0 Å². The molecule has 1 N–H and O–H groups in total. The fourth-order valence-electron chi connectivity index (χ4n) is 2.21. The van der Waals surface area contributed by atoms with Crippen LogP contribution in [0, 0.1) is 0 Å². The second-order valence-electron chi connectivity index (χ2n) is 5.09. The van der Waals surface area contributed by atoms with Gasteiger partial charge in [0.1, 0.15) is 5.75 Å². The lowest BCUT2D eigenvalue weighted by molar-refractivity contribution is 0.102. The van der Waals surface area contributed by atoms with Crippen molar-refractivity contribution in [2.24, 2.45) is 0 Å². The second kappa shape index (κ2) is 7.47. The summed E-state index contributed by atoms with van der Waals surface area (Å²) in [5, 5.41) is 4.10. The van der Waals surface area contributed by atoms with Crippen molar-refractivity contribution in [2.45, 2.75) is 6.42 Å². The van der Waals surface area contributed by atoms with Crippen molar-refractivity contribution in [2.75, 3.05) is 12.4 Å². The number of carbonyl (C=O) groups is 1. The summed E-state index contributed by atoms with van der Waals surface area (Å²) in [7, 11) is 1.57. The standard InChI is InChI=1S/C18H15ClN2O2S/c1-23-14-7-4-6-13(9-14)17(22)21-18-20-11-15(24-18)10-12-5-2-3-8-16(12)19/h2-9,11H,10H2,1H3,(H,20,21,22). The molecule has 0 bridgehead atoms. The van der Waals surface area contributed by atoms with Crippen molar-refractivity contribution in [3.63, 3.8) is 0 Å². The molecule has 0 spiro atoms. The summed E-state index contributed by atoms with van der Waals surface area (Å²) in [6.07, 6.45) is 2.45. The zero-order valence-corrected chi connectivity index (χ0v) is 14.5. The van der Waals surface area contributed by atoms with Crippen molar-refractivity contribution in [3.05, 3.63) is 75.8 Å². The monoisotopic (exact) mass is 358 g/mol. The van der Waals surface area contributed by atoms with Crippen LogP contribution in [-0.2, 0) is 6.42 Å². The lowest BCUT2D eigenvalue weighted by Gasteiger charge is -2.04. The highest BCUT2D eigenvalue weighted by atomic mass is 35.5. The number of nitrogens with one attached hydrogen (secondary N) is 1. The minimum absolute atomic E-state index is 0.215. The Labute approximate surface area is 149 Å². The lowest BCUT2D eigenvalue weighted by atomic mass is 10.1. The van der Waals surface area contributed by atoms with Gasteiger partial charge in [-0.1, -0.05) is 35.9 Å². The van der Waals surface area contributed by atoms with Gasteiger partial charge in [0.2, 0.25) is 0 Å². The average Bonchev–Trinajstić information content (AvgIpc) is 3.04. The summed E-state index contributed by atoms with van der Waals surface area (Å²) in [5.41, 5.74) is 1.56. The van der Waals surface area contributed by atoms with E-state index in [9.17, 15) is 4.79 Å². The predicted octanol–water partition coefficient (Wildman–Crippen LogP) is 4.65. The van der Waals surface area contributed by atoms with E-state index in [0.717, 1.165) is 15.5 Å². The highest BCUT2D eigenvalue weighted by Gasteiger charge is 2.11. The maximum atomic E-state index is 12.3. The number of hydrogen-bond donors (Lipinski definition) is 1. The van der Waals surface area contributed by atoms with Crippen LogP contribution in [0.3, 0.4) is 0 Å². The van der Waals surface area contributed by atoms with E-state index in [4.69, 9.17) is 16.3 Å². The molecule has 24 heavy (non-hydrogen) atoms. The number of amides is 1. The van der Waals surface area contributed by atoms with Crippen molar-refractivity contribution < 1.29 is 9.53 Å². The van der Waals surface area contributed by atoms with E-state index in [1.807, 2.05) is 24.3 Å². The molecule has 0 fully saturated rings. The number of aromatic nitrogens is 1. The lowest BCUT2D eigenvalue weighted by Crippen LogP contribution is -2.11. The first-order chi connectivity index (χ1) is 11.7. The Morgan fingerprint density at radius 3 is 2.88 bits per heavy atom. The third kappa shape index (κ3) is 3.93. The SMILES string of the molecule is COc1cccc(C(=O)Nc2ncc(Cc3ccccc3Cl)s2)c1. The fraction of sp³-hybridized carbons (Fsp3) is 0.111. The number of nitrogens with zero attached hydrogens (tertiary/aromatic N) is 1. The van der Waals surface area contributed by atoms with Crippen molar-refractivity contribution in [1.82, 2.24) is 4.98 Å². The van der Waals surface area contributed by atoms with Crippen molar-refractivity contribution in [3.8, 4) is 5.75 Å². The molecule has 1 aromatic heterocycles. The first-order valence-electron chi connectivity index (χ1n) is 7.29.